The third-order valence-electron chi connectivity index (χ3n) is 4.31. The van der Waals surface area contributed by atoms with Crippen LogP contribution in [0, 0.1) is 12.7 Å². The average molecular weight is 376 g/mol. The lowest BCUT2D eigenvalue weighted by Gasteiger charge is -2.13. The van der Waals surface area contributed by atoms with Crippen molar-refractivity contribution >= 4 is 33.7 Å². The molecule has 0 saturated carbocycles. The highest BCUT2D eigenvalue weighted by Gasteiger charge is 2.29. The van der Waals surface area contributed by atoms with Gasteiger partial charge in [0.15, 0.2) is 5.78 Å². The number of halogens is 1. The maximum Gasteiger partial charge on any atom is 0.254 e. The Bertz CT molecular complexity index is 848. The maximum absolute atomic E-state index is 14.2. The molecule has 5 nitrogen and oxygen atoms in total. The van der Waals surface area contributed by atoms with Crippen LogP contribution >= 0.6 is 11.3 Å². The monoisotopic (exact) mass is 376 g/mol. The molecule has 1 amide bonds. The molecule has 0 radical (unpaired) electrons. The highest BCUT2D eigenvalue weighted by Crippen LogP contribution is 2.39. The summed E-state index contributed by atoms with van der Waals surface area (Å²) in [6.45, 7) is 2.13. The van der Waals surface area contributed by atoms with Crippen molar-refractivity contribution in [2.24, 2.45) is 0 Å². The van der Waals surface area contributed by atoms with Crippen LogP contribution in [0.3, 0.4) is 0 Å². The number of aryl methyl sites for hydroxylation is 1. The molecule has 2 aromatic rings. The van der Waals surface area contributed by atoms with Crippen LogP contribution in [0.2, 0.25) is 0 Å². The zero-order chi connectivity index (χ0) is 18.7. The van der Waals surface area contributed by atoms with Crippen LogP contribution in [0.4, 0.5) is 15.1 Å². The van der Waals surface area contributed by atoms with E-state index < -0.39 is 5.82 Å². The summed E-state index contributed by atoms with van der Waals surface area (Å²) in [5.74, 6) is -0.687. The van der Waals surface area contributed by atoms with Gasteiger partial charge in [0.05, 0.1) is 16.1 Å². The molecule has 0 bridgehead atoms. The third kappa shape index (κ3) is 3.78. The van der Waals surface area contributed by atoms with Crippen molar-refractivity contribution in [3.8, 4) is 0 Å². The fourth-order valence-electron chi connectivity index (χ4n) is 3.01. The van der Waals surface area contributed by atoms with Crippen LogP contribution in [-0.4, -0.2) is 29.9 Å². The van der Waals surface area contributed by atoms with Crippen molar-refractivity contribution in [1.29, 1.82) is 0 Å². The van der Waals surface area contributed by atoms with E-state index in [1.807, 2.05) is 0 Å². The number of rotatable bonds is 6. The van der Waals surface area contributed by atoms with Crippen LogP contribution in [0.25, 0.3) is 0 Å². The summed E-state index contributed by atoms with van der Waals surface area (Å²) in [5.41, 5.74) is 2.22. The van der Waals surface area contributed by atoms with Gasteiger partial charge in [-0.05, 0) is 49.4 Å². The molecule has 0 spiro atoms. The summed E-state index contributed by atoms with van der Waals surface area (Å²) in [5, 5.41) is 15.1. The van der Waals surface area contributed by atoms with E-state index >= 15 is 0 Å². The first-order valence-corrected chi connectivity index (χ1v) is 9.44. The molecular weight excluding hydrogens is 355 g/mol. The van der Waals surface area contributed by atoms with E-state index in [2.05, 4.69) is 10.6 Å². The number of carbonyl (C=O) groups is 2. The number of amides is 1. The first kappa shape index (κ1) is 18.5. The van der Waals surface area contributed by atoms with E-state index in [0.29, 0.717) is 47.7 Å². The Morgan fingerprint density at radius 2 is 2.15 bits per heavy atom. The molecule has 1 aliphatic rings. The van der Waals surface area contributed by atoms with Crippen molar-refractivity contribution in [2.75, 3.05) is 18.5 Å². The quantitative estimate of drug-likeness (QED) is 0.674. The van der Waals surface area contributed by atoms with E-state index in [1.54, 1.807) is 19.1 Å². The lowest BCUT2D eigenvalue weighted by Crippen LogP contribution is -2.26. The number of Topliss-reactive ketones (excluding diaryl/α,β-unsaturated/α-hetero) is 1. The van der Waals surface area contributed by atoms with Crippen molar-refractivity contribution in [1.82, 2.24) is 5.32 Å². The number of aliphatic hydroxyl groups is 1. The van der Waals surface area contributed by atoms with Gasteiger partial charge in [-0.1, -0.05) is 6.07 Å². The second-order valence-corrected chi connectivity index (χ2v) is 7.35. The zero-order valence-corrected chi connectivity index (χ0v) is 15.3. The summed E-state index contributed by atoms with van der Waals surface area (Å²) in [7, 11) is 0. The Kier molecular flexibility index (Phi) is 5.68. The number of aliphatic hydroxyl groups excluding tert-OH is 1. The highest BCUT2D eigenvalue weighted by atomic mass is 32.1. The average Bonchev–Trinajstić information content (AvgIpc) is 2.97. The molecule has 0 fully saturated rings. The Labute approximate surface area is 155 Å². The van der Waals surface area contributed by atoms with Crippen LogP contribution in [0.15, 0.2) is 18.2 Å². The van der Waals surface area contributed by atoms with Gasteiger partial charge in [-0.2, -0.15) is 0 Å². The number of ketones is 1. The minimum atomic E-state index is -0.408. The number of thiophene rings is 1. The molecule has 1 aromatic carbocycles. The largest absolute Gasteiger partial charge is 0.396 e. The predicted octanol–water partition coefficient (Wildman–Crippen LogP) is 3.57. The highest BCUT2D eigenvalue weighted by molar-refractivity contribution is 7.18. The summed E-state index contributed by atoms with van der Waals surface area (Å²) >= 11 is 1.21. The Hall–Kier alpha value is -2.25. The predicted molar refractivity (Wildman–Crippen MR) is 100 cm³/mol. The van der Waals surface area contributed by atoms with Crippen LogP contribution < -0.4 is 10.6 Å². The first-order chi connectivity index (χ1) is 12.5. The molecular formula is C19H21FN2O3S. The summed E-state index contributed by atoms with van der Waals surface area (Å²) in [6.07, 6.45) is 2.28. The second kappa shape index (κ2) is 7.97. The number of benzene rings is 1. The smallest absolute Gasteiger partial charge is 0.254 e. The number of fused-ring (bicyclic) bond motifs is 1. The number of hydrogen-bond donors (Lipinski definition) is 3. The minimum Gasteiger partial charge on any atom is -0.396 e. The van der Waals surface area contributed by atoms with Crippen molar-refractivity contribution in [3.63, 3.8) is 0 Å². The molecule has 0 saturated heterocycles. The molecule has 0 unspecified atom stereocenters. The van der Waals surface area contributed by atoms with Gasteiger partial charge >= 0.3 is 0 Å². The fourth-order valence-corrected chi connectivity index (χ4v) is 4.24. The molecule has 0 aliphatic heterocycles. The molecule has 1 heterocycles. The van der Waals surface area contributed by atoms with Gasteiger partial charge in [0, 0.05) is 19.6 Å². The van der Waals surface area contributed by atoms with Gasteiger partial charge in [-0.15, -0.1) is 11.3 Å². The molecule has 3 N–H and O–H groups in total. The van der Waals surface area contributed by atoms with E-state index in [1.165, 1.54) is 17.4 Å². The first-order valence-electron chi connectivity index (χ1n) is 8.62. The molecule has 1 aliphatic carbocycles. The summed E-state index contributed by atoms with van der Waals surface area (Å²) in [6, 6.07) is 4.83. The maximum atomic E-state index is 14.2. The fraction of sp³-hybridized carbons (Fsp3) is 0.368. The van der Waals surface area contributed by atoms with Gasteiger partial charge in [0.2, 0.25) is 0 Å². The number of anilines is 2. The van der Waals surface area contributed by atoms with E-state index in [0.717, 1.165) is 11.1 Å². The molecule has 1 aromatic heterocycles. The Balaban J connectivity index is 1.97. The standard InChI is InChI=1S/C19H21FN2O3S/c1-11-6-7-14(13(20)10-11)22-19-16(18(25)21-8-3-9-23)12-4-2-5-15(24)17(12)26-19/h6-7,10,22-23H,2-5,8-9H2,1H3,(H,21,25). The normalized spacial score (nSPS) is 13.4. The topological polar surface area (TPSA) is 78.4 Å². The molecule has 0 atom stereocenters. The van der Waals surface area contributed by atoms with E-state index in [9.17, 15) is 14.0 Å². The molecule has 26 heavy (non-hydrogen) atoms. The lowest BCUT2D eigenvalue weighted by atomic mass is 9.94. The van der Waals surface area contributed by atoms with Gasteiger partial charge in [-0.3, -0.25) is 9.59 Å². The number of hydrogen-bond acceptors (Lipinski definition) is 5. The SMILES string of the molecule is Cc1ccc(Nc2sc3c(c2C(=O)NCCCO)CCCC3=O)c(F)c1. The van der Waals surface area contributed by atoms with Gasteiger partial charge in [-0.25, -0.2) is 4.39 Å². The lowest BCUT2D eigenvalue weighted by molar-refractivity contribution is 0.0951. The summed E-state index contributed by atoms with van der Waals surface area (Å²) < 4.78 is 14.2. The molecule has 138 valence electrons. The number of nitrogens with one attached hydrogen (secondary N) is 2. The summed E-state index contributed by atoms with van der Waals surface area (Å²) in [4.78, 5) is 25.5. The van der Waals surface area contributed by atoms with Crippen molar-refractivity contribution in [2.45, 2.75) is 32.6 Å². The van der Waals surface area contributed by atoms with Crippen LogP contribution in [0.1, 0.15) is 50.4 Å². The van der Waals surface area contributed by atoms with Gasteiger partial charge in [0.25, 0.3) is 5.91 Å². The van der Waals surface area contributed by atoms with E-state index in [4.69, 9.17) is 5.11 Å². The number of carbonyl (C=O) groups excluding carboxylic acids is 2. The third-order valence-corrected chi connectivity index (χ3v) is 5.50. The van der Waals surface area contributed by atoms with Crippen molar-refractivity contribution < 1.29 is 19.1 Å². The molecule has 3 rings (SSSR count). The Morgan fingerprint density at radius 1 is 1.35 bits per heavy atom. The zero-order valence-electron chi connectivity index (χ0n) is 14.5. The van der Waals surface area contributed by atoms with Gasteiger partial charge < -0.3 is 15.7 Å². The molecule has 7 heteroatoms. The van der Waals surface area contributed by atoms with Crippen LogP contribution in [-0.2, 0) is 6.42 Å². The minimum absolute atomic E-state index is 0.0137. The van der Waals surface area contributed by atoms with Crippen LogP contribution in [0.5, 0.6) is 0 Å². The second-order valence-electron chi connectivity index (χ2n) is 6.33. The van der Waals surface area contributed by atoms with E-state index in [-0.39, 0.29) is 24.0 Å². The van der Waals surface area contributed by atoms with Crippen molar-refractivity contribution in [3.05, 3.63) is 45.6 Å². The Morgan fingerprint density at radius 3 is 2.88 bits per heavy atom. The van der Waals surface area contributed by atoms with Gasteiger partial charge in [0.1, 0.15) is 10.8 Å².